The van der Waals surface area contributed by atoms with Gasteiger partial charge >= 0.3 is 0 Å². The second kappa shape index (κ2) is 7.23. The number of aryl methyl sites for hydroxylation is 1. The fraction of sp³-hybridized carbons (Fsp3) is 0.357. The molecule has 0 fully saturated rings. The van der Waals surface area contributed by atoms with E-state index in [0.717, 1.165) is 11.3 Å². The van der Waals surface area contributed by atoms with E-state index in [0.29, 0.717) is 18.4 Å². The molecule has 0 radical (unpaired) electrons. The van der Waals surface area contributed by atoms with Crippen LogP contribution in [0.5, 0.6) is 0 Å². The zero-order chi connectivity index (χ0) is 16.2. The number of nitrogens with zero attached hydrogens (tertiary/aromatic N) is 2. The van der Waals surface area contributed by atoms with Crippen molar-refractivity contribution in [3.8, 4) is 0 Å². The lowest BCUT2D eigenvalue weighted by Gasteiger charge is -2.25. The van der Waals surface area contributed by atoms with Crippen molar-refractivity contribution in [2.24, 2.45) is 4.99 Å². The van der Waals surface area contributed by atoms with Crippen molar-refractivity contribution in [2.75, 3.05) is 31.8 Å². The van der Waals surface area contributed by atoms with Gasteiger partial charge in [0, 0.05) is 25.6 Å². The third-order valence-electron chi connectivity index (χ3n) is 3.17. The minimum absolute atomic E-state index is 0.213. The first-order chi connectivity index (χ1) is 10.5. The predicted molar refractivity (Wildman–Crippen MR) is 88.0 cm³/mol. The smallest absolute Gasteiger partial charge is 0.240 e. The molecular formula is C14H18ClN3O3S. The van der Waals surface area contributed by atoms with E-state index in [4.69, 9.17) is 16.3 Å². The summed E-state index contributed by atoms with van der Waals surface area (Å²) < 4.78 is 31.7. The van der Waals surface area contributed by atoms with Gasteiger partial charge in [-0.05, 0) is 36.8 Å². The summed E-state index contributed by atoms with van der Waals surface area (Å²) in [5.74, 6) is 0. The molecule has 0 atom stereocenters. The summed E-state index contributed by atoms with van der Waals surface area (Å²) in [7, 11) is -2.02. The Bertz CT molecular complexity index is 701. The first-order valence-corrected chi connectivity index (χ1v) is 8.54. The first kappa shape index (κ1) is 17.0. The highest BCUT2D eigenvalue weighted by Crippen LogP contribution is 2.28. The van der Waals surface area contributed by atoms with E-state index in [9.17, 15) is 8.42 Å². The summed E-state index contributed by atoms with van der Waals surface area (Å²) in [4.78, 5) is 6.17. The normalized spacial score (nSPS) is 15.0. The summed E-state index contributed by atoms with van der Waals surface area (Å²) in [6.07, 6.45) is 3.34. The Morgan fingerprint density at radius 1 is 1.45 bits per heavy atom. The van der Waals surface area contributed by atoms with Crippen LogP contribution in [0.25, 0.3) is 0 Å². The van der Waals surface area contributed by atoms with Crippen LogP contribution in [-0.2, 0) is 14.8 Å². The Balaban J connectivity index is 2.23. The average molecular weight is 344 g/mol. The molecule has 120 valence electrons. The summed E-state index contributed by atoms with van der Waals surface area (Å²) in [6.45, 7) is 2.80. The van der Waals surface area contributed by atoms with E-state index >= 15 is 0 Å². The van der Waals surface area contributed by atoms with Crippen LogP contribution in [-0.4, -0.2) is 41.6 Å². The second-order valence-corrected chi connectivity index (χ2v) is 6.88. The zero-order valence-electron chi connectivity index (χ0n) is 12.4. The first-order valence-electron chi connectivity index (χ1n) is 6.68. The largest absolute Gasteiger partial charge is 0.383 e. The highest BCUT2D eigenvalue weighted by atomic mass is 35.5. The Labute approximate surface area is 135 Å². The maximum atomic E-state index is 12.2. The van der Waals surface area contributed by atoms with Crippen LogP contribution in [0.1, 0.15) is 5.56 Å². The predicted octanol–water partition coefficient (Wildman–Crippen LogP) is 1.85. The van der Waals surface area contributed by atoms with E-state index in [2.05, 4.69) is 9.71 Å². The number of anilines is 1. The molecule has 0 aromatic heterocycles. The number of methoxy groups -OCH3 is 1. The molecule has 0 bridgehead atoms. The van der Waals surface area contributed by atoms with Crippen LogP contribution >= 0.6 is 11.6 Å². The molecule has 0 unspecified atom stereocenters. The van der Waals surface area contributed by atoms with Crippen molar-refractivity contribution in [1.82, 2.24) is 4.72 Å². The molecule has 0 amide bonds. The van der Waals surface area contributed by atoms with Gasteiger partial charge in [0.2, 0.25) is 10.0 Å². The van der Waals surface area contributed by atoms with Gasteiger partial charge in [0.15, 0.2) is 0 Å². The number of allylic oxidation sites excluding steroid dienone is 1. The van der Waals surface area contributed by atoms with Gasteiger partial charge in [0.25, 0.3) is 0 Å². The van der Waals surface area contributed by atoms with E-state index in [1.807, 2.05) is 11.8 Å². The van der Waals surface area contributed by atoms with E-state index in [1.165, 1.54) is 7.11 Å². The quantitative estimate of drug-likeness (QED) is 0.632. The van der Waals surface area contributed by atoms with Crippen LogP contribution in [0.15, 0.2) is 39.3 Å². The summed E-state index contributed by atoms with van der Waals surface area (Å²) in [6, 6.07) is 4.91. The number of aliphatic imine (C=N–C) groups is 1. The van der Waals surface area contributed by atoms with Gasteiger partial charge in [-0.15, -0.1) is 0 Å². The van der Waals surface area contributed by atoms with E-state index in [1.54, 1.807) is 30.5 Å². The average Bonchev–Trinajstić information content (AvgIpc) is 2.48. The fourth-order valence-electron chi connectivity index (χ4n) is 2.05. The lowest BCUT2D eigenvalue weighted by Crippen LogP contribution is -2.27. The SMILES string of the molecule is COCCNS(=O)(=O)c1ccc(N2CN=CC=C2Cl)c(C)c1. The lowest BCUT2D eigenvalue weighted by molar-refractivity contribution is 0.204. The minimum Gasteiger partial charge on any atom is -0.383 e. The van der Waals surface area contributed by atoms with Crippen LogP contribution < -0.4 is 9.62 Å². The van der Waals surface area contributed by atoms with E-state index in [-0.39, 0.29) is 11.4 Å². The molecule has 1 N–H and O–H groups in total. The molecular weight excluding hydrogens is 326 g/mol. The van der Waals surface area contributed by atoms with Gasteiger partial charge in [-0.25, -0.2) is 13.1 Å². The Kier molecular flexibility index (Phi) is 5.57. The molecule has 6 nitrogen and oxygen atoms in total. The molecule has 1 heterocycles. The number of hydrogen-bond acceptors (Lipinski definition) is 5. The Morgan fingerprint density at radius 2 is 2.23 bits per heavy atom. The van der Waals surface area contributed by atoms with Crippen molar-refractivity contribution >= 4 is 33.5 Å². The number of halogens is 1. The fourth-order valence-corrected chi connectivity index (χ4v) is 3.35. The highest BCUT2D eigenvalue weighted by Gasteiger charge is 2.18. The topological polar surface area (TPSA) is 71.0 Å². The van der Waals surface area contributed by atoms with Gasteiger partial charge in [0.1, 0.15) is 11.8 Å². The van der Waals surface area contributed by atoms with Crippen LogP contribution in [0.2, 0.25) is 0 Å². The van der Waals surface area contributed by atoms with Gasteiger partial charge < -0.3 is 9.64 Å². The molecule has 1 aliphatic rings. The maximum Gasteiger partial charge on any atom is 0.240 e. The molecule has 0 saturated carbocycles. The highest BCUT2D eigenvalue weighted by molar-refractivity contribution is 7.89. The monoisotopic (exact) mass is 343 g/mol. The number of hydrogen-bond donors (Lipinski definition) is 1. The minimum atomic E-state index is -3.54. The maximum absolute atomic E-state index is 12.2. The molecule has 2 rings (SSSR count). The van der Waals surface area contributed by atoms with Crippen molar-refractivity contribution < 1.29 is 13.2 Å². The standard InChI is InChI=1S/C14H18ClN3O3S/c1-11-9-12(22(19,20)17-7-8-21-2)3-4-13(11)18-10-16-6-5-14(18)15/h3-6,9,17H,7-8,10H2,1-2H3. The van der Waals surface area contributed by atoms with Crippen LogP contribution in [0.3, 0.4) is 0 Å². The lowest BCUT2D eigenvalue weighted by atomic mass is 10.2. The number of rotatable bonds is 6. The molecule has 1 aromatic carbocycles. The van der Waals surface area contributed by atoms with Gasteiger partial charge in [-0.1, -0.05) is 11.6 Å². The van der Waals surface area contributed by atoms with Crippen molar-refractivity contribution in [3.63, 3.8) is 0 Å². The summed E-state index contributed by atoms with van der Waals surface area (Å²) in [5.41, 5.74) is 1.63. The van der Waals surface area contributed by atoms with Crippen molar-refractivity contribution in [1.29, 1.82) is 0 Å². The Hall–Kier alpha value is -1.41. The zero-order valence-corrected chi connectivity index (χ0v) is 14.0. The number of sulfonamides is 1. The number of ether oxygens (including phenoxy) is 1. The number of benzene rings is 1. The van der Waals surface area contributed by atoms with Crippen LogP contribution in [0.4, 0.5) is 5.69 Å². The van der Waals surface area contributed by atoms with Gasteiger partial charge in [-0.2, -0.15) is 0 Å². The summed E-state index contributed by atoms with van der Waals surface area (Å²) >= 11 is 6.15. The summed E-state index contributed by atoms with van der Waals surface area (Å²) in [5, 5.41) is 0.548. The van der Waals surface area contributed by atoms with Gasteiger partial charge in [-0.3, -0.25) is 4.99 Å². The molecule has 1 aromatic rings. The second-order valence-electron chi connectivity index (χ2n) is 4.73. The van der Waals surface area contributed by atoms with Crippen molar-refractivity contribution in [3.05, 3.63) is 35.0 Å². The molecule has 22 heavy (non-hydrogen) atoms. The third kappa shape index (κ3) is 3.86. The molecule has 0 saturated heterocycles. The molecule has 0 spiro atoms. The third-order valence-corrected chi connectivity index (χ3v) is 4.95. The van der Waals surface area contributed by atoms with E-state index < -0.39 is 10.0 Å². The molecule has 1 aliphatic heterocycles. The number of nitrogens with one attached hydrogen (secondary N) is 1. The van der Waals surface area contributed by atoms with Gasteiger partial charge in [0.05, 0.1) is 11.5 Å². The Morgan fingerprint density at radius 3 is 2.86 bits per heavy atom. The van der Waals surface area contributed by atoms with Crippen molar-refractivity contribution in [2.45, 2.75) is 11.8 Å². The molecule has 0 aliphatic carbocycles. The van der Waals surface area contributed by atoms with Crippen LogP contribution in [0, 0.1) is 6.92 Å². The molecule has 8 heteroatoms.